The number of aryl methyl sites for hydroxylation is 1. The van der Waals surface area contributed by atoms with Crippen LogP contribution in [0.5, 0.6) is 5.75 Å². The Kier molecular flexibility index (Phi) is 2.67. The fourth-order valence-electron chi connectivity index (χ4n) is 2.28. The van der Waals surface area contributed by atoms with Gasteiger partial charge in [-0.05, 0) is 41.5 Å². The van der Waals surface area contributed by atoms with Gasteiger partial charge in [0.05, 0.1) is 0 Å². The number of carbonyl (C=O) groups excluding carboxylic acids is 1. The number of nitrogens with zero attached hydrogens (tertiary/aromatic N) is 1. The highest BCUT2D eigenvalue weighted by Gasteiger charge is 2.14. The van der Waals surface area contributed by atoms with Crippen molar-refractivity contribution in [1.29, 1.82) is 0 Å². The van der Waals surface area contributed by atoms with Crippen LogP contribution in [0, 0.1) is 6.92 Å². The lowest BCUT2D eigenvalue weighted by Gasteiger charge is -2.06. The molecule has 1 heterocycles. The molecular formula is C16H13NO2. The van der Waals surface area contributed by atoms with Crippen molar-refractivity contribution in [2.45, 2.75) is 13.3 Å². The van der Waals surface area contributed by atoms with Crippen molar-refractivity contribution >= 4 is 22.8 Å². The Bertz CT molecular complexity index is 742. The minimum Gasteiger partial charge on any atom is -0.508 e. The molecule has 2 aromatic rings. The normalized spacial score (nSPS) is 13.8. The van der Waals surface area contributed by atoms with Gasteiger partial charge in [0, 0.05) is 18.2 Å². The van der Waals surface area contributed by atoms with Crippen molar-refractivity contribution in [2.24, 2.45) is 4.99 Å². The van der Waals surface area contributed by atoms with Crippen molar-refractivity contribution in [2.75, 3.05) is 0 Å². The van der Waals surface area contributed by atoms with E-state index in [2.05, 4.69) is 4.99 Å². The van der Waals surface area contributed by atoms with E-state index < -0.39 is 0 Å². The zero-order chi connectivity index (χ0) is 13.4. The molecule has 0 aromatic heterocycles. The van der Waals surface area contributed by atoms with Crippen molar-refractivity contribution in [3.05, 3.63) is 53.2 Å². The summed E-state index contributed by atoms with van der Waals surface area (Å²) >= 11 is 0. The van der Waals surface area contributed by atoms with E-state index in [0.717, 1.165) is 22.8 Å². The lowest BCUT2D eigenvalue weighted by molar-refractivity contribution is 0.103. The molecule has 3 nitrogen and oxygen atoms in total. The molecule has 0 saturated carbocycles. The van der Waals surface area contributed by atoms with Gasteiger partial charge in [-0.15, -0.1) is 0 Å². The van der Waals surface area contributed by atoms with Gasteiger partial charge in [0.2, 0.25) is 5.78 Å². The molecule has 0 aliphatic carbocycles. The molecule has 0 unspecified atom stereocenters. The van der Waals surface area contributed by atoms with Crippen LogP contribution in [0.4, 0.5) is 0 Å². The van der Waals surface area contributed by atoms with E-state index in [1.54, 1.807) is 18.3 Å². The minimum atomic E-state index is -0.0543. The second-order valence-electron chi connectivity index (χ2n) is 4.61. The summed E-state index contributed by atoms with van der Waals surface area (Å²) in [6.45, 7) is 1.86. The quantitative estimate of drug-likeness (QED) is 0.832. The van der Waals surface area contributed by atoms with Gasteiger partial charge in [-0.3, -0.25) is 9.79 Å². The Labute approximate surface area is 110 Å². The van der Waals surface area contributed by atoms with Crippen molar-refractivity contribution in [3.8, 4) is 5.75 Å². The molecule has 0 fully saturated rings. The number of allylic oxidation sites excluding steroid dienone is 2. The molecule has 19 heavy (non-hydrogen) atoms. The zero-order valence-electron chi connectivity index (χ0n) is 10.6. The van der Waals surface area contributed by atoms with Gasteiger partial charge in [-0.1, -0.05) is 18.2 Å². The van der Waals surface area contributed by atoms with Gasteiger partial charge in [0.1, 0.15) is 11.4 Å². The number of phenols is 1. The van der Waals surface area contributed by atoms with Crippen molar-refractivity contribution < 1.29 is 9.90 Å². The molecule has 1 aliphatic heterocycles. The van der Waals surface area contributed by atoms with Gasteiger partial charge >= 0.3 is 0 Å². The van der Waals surface area contributed by atoms with Gasteiger partial charge in [-0.25, -0.2) is 0 Å². The van der Waals surface area contributed by atoms with Crippen LogP contribution in [-0.2, 0) is 0 Å². The molecule has 0 radical (unpaired) electrons. The Hall–Kier alpha value is -2.42. The van der Waals surface area contributed by atoms with E-state index in [4.69, 9.17) is 0 Å². The molecule has 0 atom stereocenters. The van der Waals surface area contributed by atoms with Crippen LogP contribution in [0.25, 0.3) is 10.8 Å². The number of hydrogen-bond donors (Lipinski definition) is 1. The monoisotopic (exact) mass is 251 g/mol. The third-order valence-corrected chi connectivity index (χ3v) is 3.40. The first-order chi connectivity index (χ1) is 9.16. The second kappa shape index (κ2) is 4.35. The average molecular weight is 251 g/mol. The van der Waals surface area contributed by atoms with E-state index in [0.29, 0.717) is 11.3 Å². The molecule has 0 spiro atoms. The number of benzene rings is 2. The Morgan fingerprint density at radius 1 is 1.26 bits per heavy atom. The lowest BCUT2D eigenvalue weighted by Crippen LogP contribution is -2.00. The highest BCUT2D eigenvalue weighted by molar-refractivity contribution is 6.11. The standard InChI is InChI=1S/C16H13NO2/c1-10-13-6-4-12(9-11(13)5-7-15(10)18)16(19)14-3-2-8-17-14/h3-9,18H,2H2,1H3. The molecule has 3 rings (SSSR count). The Morgan fingerprint density at radius 3 is 2.84 bits per heavy atom. The first-order valence-electron chi connectivity index (χ1n) is 6.16. The third-order valence-electron chi connectivity index (χ3n) is 3.40. The third kappa shape index (κ3) is 1.93. The number of carbonyl (C=O) groups is 1. The van der Waals surface area contributed by atoms with Gasteiger partial charge in [0.15, 0.2) is 0 Å². The smallest absolute Gasteiger partial charge is 0.211 e. The fourth-order valence-corrected chi connectivity index (χ4v) is 2.28. The number of phenolic OH excluding ortho intramolecular Hbond substituents is 1. The second-order valence-corrected chi connectivity index (χ2v) is 4.61. The van der Waals surface area contributed by atoms with Crippen LogP contribution >= 0.6 is 0 Å². The summed E-state index contributed by atoms with van der Waals surface area (Å²) in [6.07, 6.45) is 4.28. The first kappa shape index (κ1) is 11.7. The van der Waals surface area contributed by atoms with Crippen LogP contribution in [0.3, 0.4) is 0 Å². The topological polar surface area (TPSA) is 49.7 Å². The maximum absolute atomic E-state index is 12.2. The predicted octanol–water partition coefficient (Wildman–Crippen LogP) is 3.39. The number of rotatable bonds is 2. The maximum atomic E-state index is 12.2. The molecule has 94 valence electrons. The first-order valence-corrected chi connectivity index (χ1v) is 6.16. The van der Waals surface area contributed by atoms with Crippen LogP contribution in [0.15, 0.2) is 47.1 Å². The van der Waals surface area contributed by atoms with Crippen molar-refractivity contribution in [1.82, 2.24) is 0 Å². The Morgan fingerprint density at radius 2 is 2.11 bits per heavy atom. The molecule has 0 bridgehead atoms. The van der Waals surface area contributed by atoms with Crippen molar-refractivity contribution in [3.63, 3.8) is 0 Å². The molecule has 1 aliphatic rings. The summed E-state index contributed by atoms with van der Waals surface area (Å²) < 4.78 is 0. The van der Waals surface area contributed by atoms with E-state index in [1.165, 1.54) is 0 Å². The lowest BCUT2D eigenvalue weighted by atomic mass is 9.99. The highest BCUT2D eigenvalue weighted by atomic mass is 16.3. The van der Waals surface area contributed by atoms with Crippen LogP contribution in [-0.4, -0.2) is 17.1 Å². The summed E-state index contributed by atoms with van der Waals surface area (Å²) in [5, 5.41) is 11.6. The van der Waals surface area contributed by atoms with E-state index in [-0.39, 0.29) is 11.5 Å². The summed E-state index contributed by atoms with van der Waals surface area (Å²) in [4.78, 5) is 16.3. The fraction of sp³-hybridized carbons (Fsp3) is 0.125. The molecule has 0 amide bonds. The SMILES string of the molecule is Cc1c(O)ccc2cc(C(=O)C3=CCC=N3)ccc12. The maximum Gasteiger partial charge on any atom is 0.211 e. The summed E-state index contributed by atoms with van der Waals surface area (Å²) in [7, 11) is 0. The molecule has 1 N–H and O–H groups in total. The highest BCUT2D eigenvalue weighted by Crippen LogP contribution is 2.27. The number of hydrogen-bond acceptors (Lipinski definition) is 3. The largest absolute Gasteiger partial charge is 0.508 e. The summed E-state index contributed by atoms with van der Waals surface area (Å²) in [6, 6.07) is 8.97. The predicted molar refractivity (Wildman–Crippen MR) is 75.9 cm³/mol. The Balaban J connectivity index is 2.10. The molecular weight excluding hydrogens is 238 g/mol. The van der Waals surface area contributed by atoms with Crippen LogP contribution in [0.1, 0.15) is 22.3 Å². The van der Waals surface area contributed by atoms with Gasteiger partial charge in [-0.2, -0.15) is 0 Å². The molecule has 3 heteroatoms. The number of aromatic hydroxyl groups is 1. The number of fused-ring (bicyclic) bond motifs is 1. The van der Waals surface area contributed by atoms with E-state index in [1.807, 2.05) is 31.2 Å². The van der Waals surface area contributed by atoms with Crippen LogP contribution in [0.2, 0.25) is 0 Å². The van der Waals surface area contributed by atoms with E-state index >= 15 is 0 Å². The molecule has 0 saturated heterocycles. The molecule has 2 aromatic carbocycles. The number of Topliss-reactive ketones (excluding diaryl/α,β-unsaturated/α-hetero) is 1. The van der Waals surface area contributed by atoms with E-state index in [9.17, 15) is 9.90 Å². The van der Waals surface area contributed by atoms with Gasteiger partial charge < -0.3 is 5.11 Å². The number of aliphatic imine (C=N–C) groups is 1. The zero-order valence-corrected chi connectivity index (χ0v) is 10.6. The number of ketones is 1. The minimum absolute atomic E-state index is 0.0543. The van der Waals surface area contributed by atoms with Gasteiger partial charge in [0.25, 0.3) is 0 Å². The summed E-state index contributed by atoms with van der Waals surface area (Å²) in [5.74, 6) is 0.219. The summed E-state index contributed by atoms with van der Waals surface area (Å²) in [5.41, 5.74) is 1.97. The average Bonchev–Trinajstić information content (AvgIpc) is 2.96. The van der Waals surface area contributed by atoms with Crippen LogP contribution < -0.4 is 0 Å².